The van der Waals surface area contributed by atoms with E-state index >= 15 is 0 Å². The van der Waals surface area contributed by atoms with Crippen LogP contribution in [-0.2, 0) is 4.79 Å². The molecule has 1 amide bonds. The summed E-state index contributed by atoms with van der Waals surface area (Å²) in [6.07, 6.45) is 7.10. The fourth-order valence-electron chi connectivity index (χ4n) is 4.07. The molecule has 0 unspecified atom stereocenters. The summed E-state index contributed by atoms with van der Waals surface area (Å²) in [4.78, 5) is 15.1. The van der Waals surface area contributed by atoms with Crippen molar-refractivity contribution in [3.8, 4) is 0 Å². The van der Waals surface area contributed by atoms with Crippen LogP contribution < -0.4 is 11.1 Å². The number of anilines is 1. The van der Waals surface area contributed by atoms with Gasteiger partial charge in [0.05, 0.1) is 12.2 Å². The first-order valence-corrected chi connectivity index (χ1v) is 8.99. The van der Waals surface area contributed by atoms with Gasteiger partial charge >= 0.3 is 0 Å². The molecule has 1 saturated carbocycles. The van der Waals surface area contributed by atoms with E-state index in [1.165, 1.54) is 0 Å². The quantitative estimate of drug-likeness (QED) is 0.808. The van der Waals surface area contributed by atoms with Crippen LogP contribution in [0.3, 0.4) is 0 Å². The number of nitrogens with two attached hydrogens (primary N) is 1. The van der Waals surface area contributed by atoms with Crippen molar-refractivity contribution < 1.29 is 4.79 Å². The van der Waals surface area contributed by atoms with Gasteiger partial charge in [-0.2, -0.15) is 5.10 Å². The van der Waals surface area contributed by atoms with Crippen molar-refractivity contribution in [2.75, 3.05) is 31.5 Å². The third kappa shape index (κ3) is 5.09. The van der Waals surface area contributed by atoms with Gasteiger partial charge in [0, 0.05) is 25.1 Å². The molecule has 8 heteroatoms. The van der Waals surface area contributed by atoms with Crippen LogP contribution in [0.15, 0.2) is 12.3 Å². The SMILES string of the molecule is CCN1CCC(n2nccc2NC(=O)[C@@H]2CCC[C@@H]2CN)CC1.Cl.Cl. The van der Waals surface area contributed by atoms with E-state index in [1.807, 2.05) is 10.7 Å². The largest absolute Gasteiger partial charge is 0.330 e. The van der Waals surface area contributed by atoms with E-state index in [1.54, 1.807) is 6.20 Å². The average molecular weight is 392 g/mol. The molecular weight excluding hydrogens is 361 g/mol. The molecule has 1 saturated heterocycles. The number of carbonyl (C=O) groups excluding carboxylic acids is 1. The summed E-state index contributed by atoms with van der Waals surface area (Å²) in [5, 5.41) is 7.58. The van der Waals surface area contributed by atoms with Gasteiger partial charge in [-0.15, -0.1) is 24.8 Å². The van der Waals surface area contributed by atoms with Crippen LogP contribution in [0.25, 0.3) is 0 Å². The van der Waals surface area contributed by atoms with E-state index in [0.29, 0.717) is 18.5 Å². The van der Waals surface area contributed by atoms with Gasteiger partial charge in [0.1, 0.15) is 5.82 Å². The zero-order valence-electron chi connectivity index (χ0n) is 14.9. The highest BCUT2D eigenvalue weighted by Gasteiger charge is 2.32. The molecule has 0 aromatic carbocycles. The molecule has 0 bridgehead atoms. The van der Waals surface area contributed by atoms with Crippen LogP contribution in [0, 0.1) is 11.8 Å². The summed E-state index contributed by atoms with van der Waals surface area (Å²) >= 11 is 0. The Morgan fingerprint density at radius 3 is 2.64 bits per heavy atom. The van der Waals surface area contributed by atoms with Crippen molar-refractivity contribution in [3.63, 3.8) is 0 Å². The third-order valence-electron chi connectivity index (χ3n) is 5.57. The van der Waals surface area contributed by atoms with E-state index in [2.05, 4.69) is 22.2 Å². The number of hydrogen-bond donors (Lipinski definition) is 2. The van der Waals surface area contributed by atoms with Crippen LogP contribution in [0.2, 0.25) is 0 Å². The third-order valence-corrected chi connectivity index (χ3v) is 5.57. The van der Waals surface area contributed by atoms with Gasteiger partial charge in [0.15, 0.2) is 0 Å². The van der Waals surface area contributed by atoms with Crippen LogP contribution in [0.1, 0.15) is 45.1 Å². The zero-order chi connectivity index (χ0) is 16.2. The molecule has 2 atom stereocenters. The Hall–Kier alpha value is -0.820. The number of nitrogens with one attached hydrogen (secondary N) is 1. The highest BCUT2D eigenvalue weighted by atomic mass is 35.5. The molecule has 6 nitrogen and oxygen atoms in total. The Bertz CT molecular complexity index is 531. The van der Waals surface area contributed by atoms with Gasteiger partial charge in [0.2, 0.25) is 5.91 Å². The highest BCUT2D eigenvalue weighted by Crippen LogP contribution is 2.32. The molecule has 0 radical (unpaired) electrons. The van der Waals surface area contributed by atoms with Gasteiger partial charge in [-0.3, -0.25) is 4.79 Å². The van der Waals surface area contributed by atoms with Gasteiger partial charge in [-0.25, -0.2) is 4.68 Å². The number of amides is 1. The van der Waals surface area contributed by atoms with E-state index in [4.69, 9.17) is 5.73 Å². The van der Waals surface area contributed by atoms with Gasteiger partial charge < -0.3 is 16.0 Å². The minimum atomic E-state index is 0. The molecule has 1 aromatic heterocycles. The van der Waals surface area contributed by atoms with Crippen molar-refractivity contribution >= 4 is 36.5 Å². The van der Waals surface area contributed by atoms with Crippen molar-refractivity contribution in [1.82, 2.24) is 14.7 Å². The summed E-state index contributed by atoms with van der Waals surface area (Å²) in [5.74, 6) is 1.35. The smallest absolute Gasteiger partial charge is 0.228 e. The summed E-state index contributed by atoms with van der Waals surface area (Å²) in [6.45, 7) is 6.12. The number of piperidine rings is 1. The molecule has 3 rings (SSSR count). The number of rotatable bonds is 5. The average Bonchev–Trinajstić information content (AvgIpc) is 3.23. The maximum Gasteiger partial charge on any atom is 0.228 e. The maximum absolute atomic E-state index is 12.6. The lowest BCUT2D eigenvalue weighted by Crippen LogP contribution is -2.35. The Kier molecular flexibility index (Phi) is 9.21. The number of halogens is 2. The predicted molar refractivity (Wildman–Crippen MR) is 106 cm³/mol. The van der Waals surface area contributed by atoms with E-state index in [0.717, 1.165) is 57.6 Å². The van der Waals surface area contributed by atoms with Crippen molar-refractivity contribution in [2.24, 2.45) is 17.6 Å². The maximum atomic E-state index is 12.6. The van der Waals surface area contributed by atoms with Crippen LogP contribution >= 0.6 is 24.8 Å². The molecule has 2 aliphatic rings. The second kappa shape index (κ2) is 10.4. The van der Waals surface area contributed by atoms with E-state index in [9.17, 15) is 4.79 Å². The lowest BCUT2D eigenvalue weighted by Gasteiger charge is -2.32. The number of likely N-dealkylation sites (tertiary alicyclic amines) is 1. The van der Waals surface area contributed by atoms with Crippen molar-refractivity contribution in [2.45, 2.75) is 45.1 Å². The molecule has 2 heterocycles. The number of hydrogen-bond acceptors (Lipinski definition) is 4. The molecule has 144 valence electrons. The minimum absolute atomic E-state index is 0. The monoisotopic (exact) mass is 391 g/mol. The van der Waals surface area contributed by atoms with Crippen LogP contribution in [0.5, 0.6) is 0 Å². The summed E-state index contributed by atoms with van der Waals surface area (Å²) < 4.78 is 2.01. The first-order valence-electron chi connectivity index (χ1n) is 8.99. The molecule has 2 fully saturated rings. The van der Waals surface area contributed by atoms with Crippen molar-refractivity contribution in [1.29, 1.82) is 0 Å². The molecule has 0 spiro atoms. The Labute approximate surface area is 162 Å². The Morgan fingerprint density at radius 2 is 2.00 bits per heavy atom. The highest BCUT2D eigenvalue weighted by molar-refractivity contribution is 5.92. The second-order valence-electron chi connectivity index (χ2n) is 6.85. The van der Waals surface area contributed by atoms with Gasteiger partial charge in [-0.05, 0) is 44.7 Å². The first kappa shape index (κ1) is 22.2. The summed E-state index contributed by atoms with van der Waals surface area (Å²) in [6, 6.07) is 2.30. The fourth-order valence-corrected chi connectivity index (χ4v) is 4.07. The normalized spacial score (nSPS) is 24.4. The van der Waals surface area contributed by atoms with Crippen LogP contribution in [-0.4, -0.2) is 46.8 Å². The minimum Gasteiger partial charge on any atom is -0.330 e. The molecule has 1 aliphatic carbocycles. The molecule has 25 heavy (non-hydrogen) atoms. The summed E-state index contributed by atoms with van der Waals surface area (Å²) in [7, 11) is 0. The Morgan fingerprint density at radius 1 is 1.28 bits per heavy atom. The van der Waals surface area contributed by atoms with Gasteiger partial charge in [-0.1, -0.05) is 13.3 Å². The molecule has 1 aromatic rings. The van der Waals surface area contributed by atoms with Crippen LogP contribution in [0.4, 0.5) is 5.82 Å². The molecule has 3 N–H and O–H groups in total. The topological polar surface area (TPSA) is 76.2 Å². The zero-order valence-corrected chi connectivity index (χ0v) is 16.5. The number of aromatic nitrogens is 2. The first-order chi connectivity index (χ1) is 11.2. The molecular formula is C17H31Cl2N5O. The fraction of sp³-hybridized carbons (Fsp3) is 0.765. The second-order valence-corrected chi connectivity index (χ2v) is 6.85. The van der Waals surface area contributed by atoms with E-state index in [-0.39, 0.29) is 36.6 Å². The lowest BCUT2D eigenvalue weighted by molar-refractivity contribution is -0.120. The number of carbonyl (C=O) groups is 1. The predicted octanol–water partition coefficient (Wildman–Crippen LogP) is 2.70. The van der Waals surface area contributed by atoms with E-state index < -0.39 is 0 Å². The standard InChI is InChI=1S/C17H29N5O.2ClH/c1-2-21-10-7-14(8-11-21)22-16(6-9-19-22)20-17(23)15-5-3-4-13(15)12-18;;/h6,9,13-15H,2-5,7-8,10-12,18H2,1H3,(H,20,23);2*1H/t13-,15-;;/m1../s1. The number of nitrogens with zero attached hydrogens (tertiary/aromatic N) is 3. The Balaban J connectivity index is 0.00000156. The van der Waals surface area contributed by atoms with Crippen molar-refractivity contribution in [3.05, 3.63) is 12.3 Å². The lowest BCUT2D eigenvalue weighted by atomic mass is 9.95. The summed E-state index contributed by atoms with van der Waals surface area (Å²) in [5.41, 5.74) is 5.81. The van der Waals surface area contributed by atoms with Gasteiger partial charge in [0.25, 0.3) is 0 Å². The molecule has 1 aliphatic heterocycles.